The summed E-state index contributed by atoms with van der Waals surface area (Å²) in [7, 11) is -4.85. The number of unbranched alkanes of at least 4 members (excludes halogenated alkanes) is 6. The van der Waals surface area contributed by atoms with Crippen LogP contribution in [-0.4, -0.2) is 74.7 Å². The van der Waals surface area contributed by atoms with Crippen molar-refractivity contribution in [3.05, 3.63) is 85.1 Å². The predicted octanol–water partition coefficient (Wildman–Crippen LogP) is 9.22. The largest absolute Gasteiger partial charge is 0.469 e. The van der Waals surface area contributed by atoms with E-state index in [-0.39, 0.29) is 31.1 Å². The molecule has 0 saturated heterocycles. The molecule has 11 nitrogen and oxygen atoms in total. The zero-order chi connectivity index (χ0) is 42.0. The number of aliphatic hydroxyl groups excluding tert-OH is 3. The smallest absolute Gasteiger partial charge is 0.462 e. The first-order valence-corrected chi connectivity index (χ1v) is 22.7. The van der Waals surface area contributed by atoms with Crippen LogP contribution in [0.5, 0.6) is 0 Å². The van der Waals surface area contributed by atoms with Crippen molar-refractivity contribution in [3.63, 3.8) is 0 Å². The van der Waals surface area contributed by atoms with Crippen molar-refractivity contribution in [2.75, 3.05) is 13.2 Å². The number of rotatable bonds is 33. The fourth-order valence-corrected chi connectivity index (χ4v) is 6.59. The van der Waals surface area contributed by atoms with E-state index in [2.05, 4.69) is 67.0 Å². The Labute approximate surface area is 342 Å². The number of phosphoric acid groups is 1. The molecule has 5 N–H and O–H groups in total. The second-order valence-corrected chi connectivity index (χ2v) is 15.8. The Morgan fingerprint density at radius 3 is 1.86 bits per heavy atom. The van der Waals surface area contributed by atoms with Crippen LogP contribution in [-0.2, 0) is 28.2 Å². The van der Waals surface area contributed by atoms with Gasteiger partial charge in [0.15, 0.2) is 6.10 Å². The monoisotopic (exact) mass is 820 g/mol. The van der Waals surface area contributed by atoms with Crippen LogP contribution in [0.4, 0.5) is 0 Å². The summed E-state index contributed by atoms with van der Waals surface area (Å²) in [5.41, 5.74) is 0. The molecule has 0 amide bonds. The molecule has 1 rings (SSSR count). The molecule has 1 saturated carbocycles. The van der Waals surface area contributed by atoms with E-state index >= 15 is 0 Å². The summed E-state index contributed by atoms with van der Waals surface area (Å²) in [6.07, 6.45) is 39.8. The fourth-order valence-electron chi connectivity index (χ4n) is 6.23. The van der Waals surface area contributed by atoms with Crippen molar-refractivity contribution in [2.45, 2.75) is 160 Å². The van der Waals surface area contributed by atoms with Crippen molar-refractivity contribution < 1.29 is 53.3 Å². The lowest BCUT2D eigenvalue weighted by Gasteiger charge is -2.19. The summed E-state index contributed by atoms with van der Waals surface area (Å²) in [5, 5.41) is 31.2. The van der Waals surface area contributed by atoms with Gasteiger partial charge in [-0.05, 0) is 76.5 Å². The lowest BCUT2D eigenvalue weighted by atomic mass is 9.89. The van der Waals surface area contributed by atoms with Crippen LogP contribution in [0.3, 0.4) is 0 Å². The molecule has 57 heavy (non-hydrogen) atoms. The number of esters is 2. The molecule has 1 fully saturated rings. The van der Waals surface area contributed by atoms with Gasteiger partial charge < -0.3 is 34.6 Å². The average molecular weight is 821 g/mol. The van der Waals surface area contributed by atoms with Gasteiger partial charge in [-0.15, -0.1) is 0 Å². The number of allylic oxidation sites excluding steroid dienone is 12. The molecule has 12 heteroatoms. The third kappa shape index (κ3) is 29.9. The number of ether oxygens (including phenoxy) is 2. The number of aliphatic hydroxyl groups is 3. The Kier molecular flexibility index (Phi) is 31.1. The highest BCUT2D eigenvalue weighted by Crippen LogP contribution is 2.37. The van der Waals surface area contributed by atoms with Crippen LogP contribution < -0.4 is 0 Å². The van der Waals surface area contributed by atoms with Gasteiger partial charge in [-0.3, -0.25) is 14.1 Å². The maximum atomic E-state index is 12.5. The zero-order valence-corrected chi connectivity index (χ0v) is 35.4. The summed E-state index contributed by atoms with van der Waals surface area (Å²) >= 11 is 0. The minimum Gasteiger partial charge on any atom is -0.462 e. The maximum absolute atomic E-state index is 12.5. The van der Waals surface area contributed by atoms with Gasteiger partial charge >= 0.3 is 19.8 Å². The Morgan fingerprint density at radius 1 is 0.684 bits per heavy atom. The summed E-state index contributed by atoms with van der Waals surface area (Å²) in [4.78, 5) is 43.0. The van der Waals surface area contributed by atoms with E-state index < -0.39 is 57.4 Å². The van der Waals surface area contributed by atoms with Crippen LogP contribution >= 0.6 is 7.82 Å². The van der Waals surface area contributed by atoms with E-state index in [1.807, 2.05) is 30.4 Å². The van der Waals surface area contributed by atoms with Crippen LogP contribution in [0, 0.1) is 11.8 Å². The van der Waals surface area contributed by atoms with Crippen molar-refractivity contribution >= 4 is 19.8 Å². The molecule has 0 aromatic heterocycles. The van der Waals surface area contributed by atoms with Gasteiger partial charge in [-0.25, -0.2) is 4.57 Å². The van der Waals surface area contributed by atoms with Crippen LogP contribution in [0.25, 0.3) is 0 Å². The van der Waals surface area contributed by atoms with Gasteiger partial charge in [-0.2, -0.15) is 0 Å². The van der Waals surface area contributed by atoms with E-state index in [4.69, 9.17) is 19.3 Å². The first-order chi connectivity index (χ1) is 27.5. The fraction of sp³-hybridized carbons (Fsp3) is 0.644. The van der Waals surface area contributed by atoms with Gasteiger partial charge in [0.2, 0.25) is 0 Å². The summed E-state index contributed by atoms with van der Waals surface area (Å²) in [6.45, 7) is 3.27. The van der Waals surface area contributed by atoms with Crippen molar-refractivity contribution in [1.82, 2.24) is 0 Å². The van der Waals surface area contributed by atoms with E-state index in [9.17, 15) is 29.5 Å². The Morgan fingerprint density at radius 2 is 1.25 bits per heavy atom. The van der Waals surface area contributed by atoms with Crippen molar-refractivity contribution in [3.8, 4) is 0 Å². The molecular formula is C45H73O11P. The molecule has 324 valence electrons. The highest BCUT2D eigenvalue weighted by Gasteiger charge is 2.39. The lowest BCUT2D eigenvalue weighted by Crippen LogP contribution is -2.29. The second kappa shape index (κ2) is 34.0. The molecule has 0 radical (unpaired) electrons. The normalized spacial score (nSPS) is 20.5. The number of phosphoric ester groups is 1. The summed E-state index contributed by atoms with van der Waals surface area (Å²) < 4.78 is 26.3. The van der Waals surface area contributed by atoms with Gasteiger partial charge in [0.25, 0.3) is 0 Å². The number of hydrogen-bond donors (Lipinski definition) is 5. The minimum absolute atomic E-state index is 0.0149. The molecule has 0 aliphatic heterocycles. The van der Waals surface area contributed by atoms with Crippen molar-refractivity contribution in [2.24, 2.45) is 11.8 Å². The zero-order valence-electron chi connectivity index (χ0n) is 34.5. The number of hydrogen-bond acceptors (Lipinski definition) is 9. The highest BCUT2D eigenvalue weighted by atomic mass is 31.2. The molecule has 0 spiro atoms. The second-order valence-electron chi connectivity index (χ2n) is 14.6. The lowest BCUT2D eigenvalue weighted by molar-refractivity contribution is -0.161. The predicted molar refractivity (Wildman–Crippen MR) is 227 cm³/mol. The van der Waals surface area contributed by atoms with Crippen LogP contribution in [0.15, 0.2) is 85.1 Å². The molecule has 0 unspecified atom stereocenters. The first-order valence-electron chi connectivity index (χ1n) is 21.1. The summed E-state index contributed by atoms with van der Waals surface area (Å²) in [5.74, 6) is -1.62. The molecular weight excluding hydrogens is 747 g/mol. The Bertz CT molecular complexity index is 1310. The van der Waals surface area contributed by atoms with Crippen LogP contribution in [0.2, 0.25) is 0 Å². The third-order valence-electron chi connectivity index (χ3n) is 9.47. The standard InChI is InChI=1S/C45H73O11P/c1-3-5-7-8-9-10-11-12-13-14-15-16-17-18-19-20-21-22-27-31-44(49)54-36-39(37-55-57(51,52)53)56-45(50)32-28-24-23-26-30-40-41(43(48)35-42(40)47)34-33-38(46)29-25-6-4-2/h9-10,12-13,15-16,18-19,21-23,26,33-34,38-43,46-48H,3-8,11,14,17,20,24-25,27-32,35-37H2,1-2H3,(H2,51,52,53)/b10-9-,13-12-,16-15-,19-18-,22-21-,26-23+,34-33+/t38-,39+,40+,41+,42-,43+/m0/s1. The molecule has 0 heterocycles. The summed E-state index contributed by atoms with van der Waals surface area (Å²) in [6, 6.07) is 0. The third-order valence-corrected chi connectivity index (χ3v) is 9.96. The Balaban J connectivity index is 2.35. The maximum Gasteiger partial charge on any atom is 0.469 e. The molecule has 1 aliphatic carbocycles. The SMILES string of the molecule is CCCCC/C=C\C/C=C\C/C=C\C/C=C\C/C=C\CCC(=O)OC[C@H](COP(=O)(O)O)OC(=O)CCC/C=C/C[C@@H]1[C@@H](/C=C/[C@@H](O)CCCCC)[C@H](O)C[C@@H]1O. The molecule has 0 bridgehead atoms. The van der Waals surface area contributed by atoms with E-state index in [0.717, 1.165) is 51.4 Å². The molecule has 1 aliphatic rings. The van der Waals surface area contributed by atoms with E-state index in [1.54, 1.807) is 6.08 Å². The topological polar surface area (TPSA) is 180 Å². The van der Waals surface area contributed by atoms with Gasteiger partial charge in [-0.1, -0.05) is 131 Å². The van der Waals surface area contributed by atoms with Gasteiger partial charge in [0.1, 0.15) is 6.61 Å². The quantitative estimate of drug-likeness (QED) is 0.0184. The molecule has 0 aromatic carbocycles. The van der Waals surface area contributed by atoms with E-state index in [0.29, 0.717) is 32.1 Å². The number of carbonyl (C=O) groups is 2. The van der Waals surface area contributed by atoms with Crippen LogP contribution in [0.1, 0.15) is 136 Å². The number of carbonyl (C=O) groups excluding carboxylic acids is 2. The van der Waals surface area contributed by atoms with Crippen molar-refractivity contribution in [1.29, 1.82) is 0 Å². The molecule has 0 aromatic rings. The Hall–Kier alpha value is -2.89. The van der Waals surface area contributed by atoms with Gasteiger partial charge in [0.05, 0.1) is 24.9 Å². The average Bonchev–Trinajstić information content (AvgIpc) is 3.44. The van der Waals surface area contributed by atoms with Gasteiger partial charge in [0, 0.05) is 25.2 Å². The highest BCUT2D eigenvalue weighted by molar-refractivity contribution is 7.46. The minimum atomic E-state index is -4.85. The van der Waals surface area contributed by atoms with E-state index in [1.165, 1.54) is 19.3 Å². The molecule has 6 atom stereocenters. The first kappa shape index (κ1) is 52.1.